The molecule has 0 atom stereocenters. The molecular weight excluding hydrogens is 294 g/mol. The minimum Gasteiger partial charge on any atom is -0.370 e. The van der Waals surface area contributed by atoms with Crippen LogP contribution in [0.25, 0.3) is 0 Å². The standard InChI is InChI=1S/C12H18BrN5/c1-8(2)18(11(14)15)12(16)17-7-9-3-5-10(13)6-4-9/h3-6,8H,7H2,1-2H3,(H3,14,15)(H2,16,17). The maximum Gasteiger partial charge on any atom is 0.198 e. The van der Waals surface area contributed by atoms with Gasteiger partial charge in [0.15, 0.2) is 11.9 Å². The topological polar surface area (TPSA) is 91.5 Å². The van der Waals surface area contributed by atoms with Gasteiger partial charge in [-0.1, -0.05) is 28.1 Å². The van der Waals surface area contributed by atoms with Crippen LogP contribution in [-0.4, -0.2) is 22.9 Å². The van der Waals surface area contributed by atoms with E-state index in [4.69, 9.17) is 16.9 Å². The van der Waals surface area contributed by atoms with Crippen molar-refractivity contribution < 1.29 is 0 Å². The smallest absolute Gasteiger partial charge is 0.198 e. The Balaban J connectivity index is 2.76. The predicted molar refractivity (Wildman–Crippen MR) is 78.4 cm³/mol. The number of aliphatic imine (C=N–C) groups is 1. The summed E-state index contributed by atoms with van der Waals surface area (Å²) in [5.41, 5.74) is 12.4. The molecule has 0 aliphatic heterocycles. The second-order valence-electron chi connectivity index (χ2n) is 4.15. The summed E-state index contributed by atoms with van der Waals surface area (Å²) in [7, 11) is 0. The molecule has 0 spiro atoms. The van der Waals surface area contributed by atoms with Crippen molar-refractivity contribution in [2.24, 2.45) is 16.5 Å². The van der Waals surface area contributed by atoms with E-state index in [1.807, 2.05) is 38.1 Å². The van der Waals surface area contributed by atoms with Crippen LogP contribution >= 0.6 is 15.9 Å². The van der Waals surface area contributed by atoms with Gasteiger partial charge >= 0.3 is 0 Å². The highest BCUT2D eigenvalue weighted by Gasteiger charge is 2.14. The maximum absolute atomic E-state index is 7.46. The Morgan fingerprint density at radius 2 is 1.89 bits per heavy atom. The van der Waals surface area contributed by atoms with Crippen LogP contribution in [0.2, 0.25) is 0 Å². The third-order valence-electron chi connectivity index (χ3n) is 2.36. The molecule has 18 heavy (non-hydrogen) atoms. The molecule has 5 nitrogen and oxygen atoms in total. The van der Waals surface area contributed by atoms with E-state index in [0.29, 0.717) is 6.54 Å². The number of nitrogens with zero attached hydrogens (tertiary/aromatic N) is 2. The molecular formula is C12H18BrN5. The maximum atomic E-state index is 7.46. The van der Waals surface area contributed by atoms with Gasteiger partial charge in [-0.3, -0.25) is 10.3 Å². The van der Waals surface area contributed by atoms with Crippen LogP contribution in [-0.2, 0) is 6.54 Å². The Morgan fingerprint density at radius 1 is 1.33 bits per heavy atom. The van der Waals surface area contributed by atoms with Crippen molar-refractivity contribution in [2.75, 3.05) is 0 Å². The van der Waals surface area contributed by atoms with Crippen molar-refractivity contribution in [2.45, 2.75) is 26.4 Å². The molecule has 1 aromatic carbocycles. The Hall–Kier alpha value is -1.56. The molecule has 0 saturated carbocycles. The molecule has 0 unspecified atom stereocenters. The molecule has 0 amide bonds. The molecule has 0 aromatic heterocycles. The summed E-state index contributed by atoms with van der Waals surface area (Å²) in [5, 5.41) is 7.46. The summed E-state index contributed by atoms with van der Waals surface area (Å²) in [5.74, 6) is 0.169. The number of nitrogens with one attached hydrogen (secondary N) is 1. The van der Waals surface area contributed by atoms with Crippen molar-refractivity contribution >= 4 is 27.8 Å². The second-order valence-corrected chi connectivity index (χ2v) is 5.07. The first-order valence-electron chi connectivity index (χ1n) is 5.59. The van der Waals surface area contributed by atoms with E-state index in [1.54, 1.807) is 0 Å². The molecule has 0 aliphatic carbocycles. The zero-order valence-corrected chi connectivity index (χ0v) is 12.1. The van der Waals surface area contributed by atoms with Gasteiger partial charge in [-0.2, -0.15) is 0 Å². The van der Waals surface area contributed by atoms with E-state index in [-0.39, 0.29) is 18.0 Å². The summed E-state index contributed by atoms with van der Waals surface area (Å²) in [6, 6.07) is 7.84. The number of guanidine groups is 2. The Morgan fingerprint density at radius 3 is 2.33 bits per heavy atom. The molecule has 0 saturated heterocycles. The van der Waals surface area contributed by atoms with E-state index < -0.39 is 0 Å². The summed E-state index contributed by atoms with van der Waals surface area (Å²) in [6.07, 6.45) is 0. The molecule has 5 N–H and O–H groups in total. The van der Waals surface area contributed by atoms with Crippen molar-refractivity contribution in [3.63, 3.8) is 0 Å². The number of hydrogen-bond donors (Lipinski definition) is 3. The Bertz CT molecular complexity index is 438. The predicted octanol–water partition coefficient (Wildman–Crippen LogP) is 1.87. The fourth-order valence-corrected chi connectivity index (χ4v) is 1.77. The molecule has 6 heteroatoms. The first-order chi connectivity index (χ1) is 8.41. The fraction of sp³-hybridized carbons (Fsp3) is 0.333. The molecule has 0 bridgehead atoms. The first-order valence-corrected chi connectivity index (χ1v) is 6.38. The lowest BCUT2D eigenvalue weighted by atomic mass is 10.2. The van der Waals surface area contributed by atoms with Crippen LogP contribution in [0.4, 0.5) is 0 Å². The van der Waals surface area contributed by atoms with Crippen molar-refractivity contribution in [3.05, 3.63) is 34.3 Å². The molecule has 1 rings (SSSR count). The number of halogens is 1. The van der Waals surface area contributed by atoms with Gasteiger partial charge < -0.3 is 11.5 Å². The van der Waals surface area contributed by atoms with Gasteiger partial charge in [-0.25, -0.2) is 4.99 Å². The monoisotopic (exact) mass is 311 g/mol. The SMILES string of the molecule is CC(C)N(C(=N)N)C(N)=NCc1ccc(Br)cc1. The van der Waals surface area contributed by atoms with Gasteiger partial charge in [0.05, 0.1) is 6.54 Å². The number of nitrogens with two attached hydrogens (primary N) is 2. The average Bonchev–Trinajstić information content (AvgIpc) is 2.27. The Kier molecular flexibility index (Phi) is 5.15. The summed E-state index contributed by atoms with van der Waals surface area (Å²) < 4.78 is 1.02. The summed E-state index contributed by atoms with van der Waals surface area (Å²) >= 11 is 3.37. The summed E-state index contributed by atoms with van der Waals surface area (Å²) in [4.78, 5) is 5.74. The molecule has 98 valence electrons. The van der Waals surface area contributed by atoms with E-state index in [9.17, 15) is 0 Å². The van der Waals surface area contributed by atoms with E-state index in [0.717, 1.165) is 10.0 Å². The quantitative estimate of drug-likeness (QED) is 0.588. The number of rotatable bonds is 3. The number of benzene rings is 1. The van der Waals surface area contributed by atoms with Gasteiger partial charge in [-0.05, 0) is 31.5 Å². The summed E-state index contributed by atoms with van der Waals surface area (Å²) in [6.45, 7) is 4.28. The minimum absolute atomic E-state index is 0.0103. The molecule has 1 aromatic rings. The van der Waals surface area contributed by atoms with E-state index in [2.05, 4.69) is 20.9 Å². The van der Waals surface area contributed by atoms with Crippen molar-refractivity contribution in [3.8, 4) is 0 Å². The van der Waals surface area contributed by atoms with Gasteiger partial charge in [0.2, 0.25) is 0 Å². The van der Waals surface area contributed by atoms with Crippen LogP contribution in [0.1, 0.15) is 19.4 Å². The third-order valence-corrected chi connectivity index (χ3v) is 2.89. The van der Waals surface area contributed by atoms with E-state index in [1.165, 1.54) is 4.90 Å². The largest absolute Gasteiger partial charge is 0.370 e. The van der Waals surface area contributed by atoms with Crippen LogP contribution < -0.4 is 11.5 Å². The lowest BCUT2D eigenvalue weighted by Gasteiger charge is -2.25. The van der Waals surface area contributed by atoms with Gasteiger partial charge in [0.25, 0.3) is 0 Å². The molecule has 0 aliphatic rings. The minimum atomic E-state index is -0.0953. The van der Waals surface area contributed by atoms with Gasteiger partial charge in [-0.15, -0.1) is 0 Å². The number of hydrogen-bond acceptors (Lipinski definition) is 2. The zero-order valence-electron chi connectivity index (χ0n) is 10.5. The van der Waals surface area contributed by atoms with Crippen LogP contribution in [0, 0.1) is 5.41 Å². The normalized spacial score (nSPS) is 11.7. The zero-order chi connectivity index (χ0) is 13.7. The van der Waals surface area contributed by atoms with Gasteiger partial charge in [0, 0.05) is 10.5 Å². The lowest BCUT2D eigenvalue weighted by molar-refractivity contribution is 0.485. The first kappa shape index (κ1) is 14.5. The highest BCUT2D eigenvalue weighted by molar-refractivity contribution is 9.10. The second kappa shape index (κ2) is 6.39. The fourth-order valence-electron chi connectivity index (χ4n) is 1.50. The van der Waals surface area contributed by atoms with Crippen molar-refractivity contribution in [1.82, 2.24) is 4.90 Å². The molecule has 0 heterocycles. The van der Waals surface area contributed by atoms with Crippen LogP contribution in [0.3, 0.4) is 0 Å². The molecule has 0 radical (unpaired) electrons. The van der Waals surface area contributed by atoms with Crippen LogP contribution in [0.5, 0.6) is 0 Å². The third kappa shape index (κ3) is 4.03. The average molecular weight is 312 g/mol. The lowest BCUT2D eigenvalue weighted by Crippen LogP contribution is -2.49. The van der Waals surface area contributed by atoms with E-state index >= 15 is 0 Å². The molecule has 0 fully saturated rings. The van der Waals surface area contributed by atoms with Gasteiger partial charge in [0.1, 0.15) is 0 Å². The highest BCUT2D eigenvalue weighted by Crippen LogP contribution is 2.11. The van der Waals surface area contributed by atoms with Crippen molar-refractivity contribution in [1.29, 1.82) is 5.41 Å². The van der Waals surface area contributed by atoms with Crippen LogP contribution in [0.15, 0.2) is 33.7 Å². The Labute approximate surface area is 116 Å². The highest BCUT2D eigenvalue weighted by atomic mass is 79.9.